The molecule has 10 heteroatoms. The van der Waals surface area contributed by atoms with Gasteiger partial charge in [0.1, 0.15) is 5.75 Å². The summed E-state index contributed by atoms with van der Waals surface area (Å²) < 4.78 is 31.0. The van der Waals surface area contributed by atoms with E-state index in [9.17, 15) is 13.6 Å². The molecule has 0 aliphatic heterocycles. The maximum atomic E-state index is 13.4. The SMILES string of the molecule is Cc1nn(C)c(C)c1-c1cc(C(=O)Nc2nc(-c3ccc(OC(F)F)cc3)cs2)c2ccccc2n1. The van der Waals surface area contributed by atoms with Crippen LogP contribution in [0.1, 0.15) is 21.7 Å². The first-order chi connectivity index (χ1) is 17.3. The van der Waals surface area contributed by atoms with Crippen molar-refractivity contribution in [2.24, 2.45) is 7.05 Å². The summed E-state index contributed by atoms with van der Waals surface area (Å²) in [6.45, 7) is 1.00. The lowest BCUT2D eigenvalue weighted by atomic mass is 10.0. The zero-order valence-electron chi connectivity index (χ0n) is 19.6. The molecular formula is C26H21F2N5O2S. The number of rotatable bonds is 6. The van der Waals surface area contributed by atoms with Gasteiger partial charge in [-0.3, -0.25) is 14.8 Å². The molecule has 36 heavy (non-hydrogen) atoms. The van der Waals surface area contributed by atoms with Gasteiger partial charge in [0, 0.05) is 34.6 Å². The second-order valence-corrected chi connectivity index (χ2v) is 8.99. The second kappa shape index (κ2) is 9.46. The van der Waals surface area contributed by atoms with Crippen LogP contribution < -0.4 is 10.1 Å². The van der Waals surface area contributed by atoms with Gasteiger partial charge in [0.25, 0.3) is 5.91 Å². The number of nitrogens with one attached hydrogen (secondary N) is 1. The van der Waals surface area contributed by atoms with Gasteiger partial charge < -0.3 is 4.74 Å². The molecule has 0 aliphatic carbocycles. The van der Waals surface area contributed by atoms with Crippen molar-refractivity contribution in [1.29, 1.82) is 0 Å². The number of hydrogen-bond donors (Lipinski definition) is 1. The van der Waals surface area contributed by atoms with Crippen molar-refractivity contribution < 1.29 is 18.3 Å². The average molecular weight is 506 g/mol. The third-order valence-corrected chi connectivity index (χ3v) is 6.58. The van der Waals surface area contributed by atoms with Crippen LogP contribution in [-0.2, 0) is 7.05 Å². The van der Waals surface area contributed by atoms with E-state index in [2.05, 4.69) is 20.1 Å². The van der Waals surface area contributed by atoms with E-state index in [4.69, 9.17) is 4.98 Å². The van der Waals surface area contributed by atoms with Gasteiger partial charge in [-0.15, -0.1) is 11.3 Å². The van der Waals surface area contributed by atoms with Gasteiger partial charge in [0.15, 0.2) is 5.13 Å². The number of anilines is 1. The van der Waals surface area contributed by atoms with Crippen molar-refractivity contribution >= 4 is 33.3 Å². The average Bonchev–Trinajstić information content (AvgIpc) is 3.41. The largest absolute Gasteiger partial charge is 0.435 e. The minimum atomic E-state index is -2.88. The second-order valence-electron chi connectivity index (χ2n) is 8.14. The quantitative estimate of drug-likeness (QED) is 0.296. The molecule has 0 saturated carbocycles. The van der Waals surface area contributed by atoms with Gasteiger partial charge in [-0.1, -0.05) is 18.2 Å². The van der Waals surface area contributed by atoms with Crippen LogP contribution in [0, 0.1) is 13.8 Å². The van der Waals surface area contributed by atoms with E-state index in [0.29, 0.717) is 33.2 Å². The Morgan fingerprint density at radius 2 is 1.81 bits per heavy atom. The highest BCUT2D eigenvalue weighted by molar-refractivity contribution is 7.14. The van der Waals surface area contributed by atoms with E-state index in [-0.39, 0.29) is 11.7 Å². The Kier molecular flexibility index (Phi) is 6.19. The van der Waals surface area contributed by atoms with Crippen molar-refractivity contribution in [2.75, 3.05) is 5.32 Å². The Labute approximate surface area is 209 Å². The number of fused-ring (bicyclic) bond motifs is 1. The fourth-order valence-corrected chi connectivity index (χ4v) is 4.79. The fraction of sp³-hybridized carbons (Fsp3) is 0.154. The number of benzene rings is 2. The van der Waals surface area contributed by atoms with Crippen LogP contribution in [0.2, 0.25) is 0 Å². The number of pyridine rings is 1. The summed E-state index contributed by atoms with van der Waals surface area (Å²) in [5.41, 5.74) is 5.86. The zero-order chi connectivity index (χ0) is 25.4. The summed E-state index contributed by atoms with van der Waals surface area (Å²) in [7, 11) is 1.87. The van der Waals surface area contributed by atoms with E-state index in [1.165, 1.54) is 23.5 Å². The number of carbonyl (C=O) groups excluding carboxylic acids is 1. The first-order valence-corrected chi connectivity index (χ1v) is 11.9. The molecule has 1 N–H and O–H groups in total. The highest BCUT2D eigenvalue weighted by atomic mass is 32.1. The van der Waals surface area contributed by atoms with Crippen LogP contribution in [0.15, 0.2) is 60.0 Å². The summed E-state index contributed by atoms with van der Waals surface area (Å²) in [4.78, 5) is 22.7. The number of aryl methyl sites for hydroxylation is 2. The Balaban J connectivity index is 1.45. The zero-order valence-corrected chi connectivity index (χ0v) is 20.4. The molecule has 0 radical (unpaired) electrons. The Hall–Kier alpha value is -4.18. The minimum Gasteiger partial charge on any atom is -0.435 e. The summed E-state index contributed by atoms with van der Waals surface area (Å²) in [5, 5.41) is 10.3. The molecule has 0 bridgehead atoms. The van der Waals surface area contributed by atoms with E-state index in [0.717, 1.165) is 22.3 Å². The molecule has 0 spiro atoms. The van der Waals surface area contributed by atoms with Crippen LogP contribution in [0.4, 0.5) is 13.9 Å². The van der Waals surface area contributed by atoms with Gasteiger partial charge in [-0.2, -0.15) is 13.9 Å². The Bertz CT molecular complexity index is 1580. The minimum absolute atomic E-state index is 0.0666. The molecule has 0 aliphatic rings. The van der Waals surface area contributed by atoms with Gasteiger partial charge in [-0.05, 0) is 50.2 Å². The Morgan fingerprint density at radius 1 is 1.06 bits per heavy atom. The van der Waals surface area contributed by atoms with Crippen molar-refractivity contribution in [2.45, 2.75) is 20.5 Å². The third kappa shape index (κ3) is 4.55. The first kappa shape index (κ1) is 23.6. The molecule has 2 aromatic carbocycles. The van der Waals surface area contributed by atoms with E-state index in [1.54, 1.807) is 28.3 Å². The van der Waals surface area contributed by atoms with Gasteiger partial charge in [0.2, 0.25) is 0 Å². The predicted molar refractivity (Wildman–Crippen MR) is 136 cm³/mol. The molecule has 1 amide bonds. The number of alkyl halides is 2. The van der Waals surface area contributed by atoms with Crippen LogP contribution >= 0.6 is 11.3 Å². The molecular weight excluding hydrogens is 484 g/mol. The number of para-hydroxylation sites is 1. The molecule has 5 aromatic rings. The number of carbonyl (C=O) groups is 1. The number of ether oxygens (including phenoxy) is 1. The summed E-state index contributed by atoms with van der Waals surface area (Å²) in [6, 6.07) is 15.4. The van der Waals surface area contributed by atoms with Crippen molar-refractivity contribution in [3.05, 3.63) is 76.9 Å². The Morgan fingerprint density at radius 3 is 2.50 bits per heavy atom. The molecule has 3 aromatic heterocycles. The first-order valence-electron chi connectivity index (χ1n) is 11.0. The van der Waals surface area contributed by atoms with Crippen LogP contribution in [0.25, 0.3) is 33.4 Å². The normalized spacial score (nSPS) is 11.3. The highest BCUT2D eigenvalue weighted by Crippen LogP contribution is 2.31. The number of aromatic nitrogens is 4. The number of hydrogen-bond acceptors (Lipinski definition) is 6. The molecule has 3 heterocycles. The van der Waals surface area contributed by atoms with Gasteiger partial charge >= 0.3 is 6.61 Å². The number of amides is 1. The third-order valence-electron chi connectivity index (χ3n) is 5.83. The standard InChI is InChI=1S/C26H21F2N5O2S/c1-14-23(15(2)33(3)32-14)21-12-19(18-6-4-5-7-20(18)29-21)24(34)31-26-30-22(13-36-26)16-8-10-17(11-9-16)35-25(27)28/h4-13,25H,1-3H3,(H,30,31,34). The van der Waals surface area contributed by atoms with Gasteiger partial charge in [-0.25, -0.2) is 9.97 Å². The molecule has 5 rings (SSSR count). The molecule has 0 atom stereocenters. The lowest BCUT2D eigenvalue weighted by molar-refractivity contribution is -0.0498. The number of halogens is 2. The molecule has 0 unspecified atom stereocenters. The topological polar surface area (TPSA) is 81.9 Å². The lowest BCUT2D eigenvalue weighted by Gasteiger charge is -2.10. The van der Waals surface area contributed by atoms with E-state index >= 15 is 0 Å². The lowest BCUT2D eigenvalue weighted by Crippen LogP contribution is -2.13. The van der Waals surface area contributed by atoms with Crippen LogP contribution in [0.5, 0.6) is 5.75 Å². The monoisotopic (exact) mass is 505 g/mol. The maximum absolute atomic E-state index is 13.4. The van der Waals surface area contributed by atoms with Crippen LogP contribution in [0.3, 0.4) is 0 Å². The van der Waals surface area contributed by atoms with Crippen LogP contribution in [-0.4, -0.2) is 32.3 Å². The molecule has 0 fully saturated rings. The predicted octanol–water partition coefficient (Wildman–Crippen LogP) is 6.23. The molecule has 0 saturated heterocycles. The highest BCUT2D eigenvalue weighted by Gasteiger charge is 2.19. The van der Waals surface area contributed by atoms with E-state index < -0.39 is 6.61 Å². The number of thiazole rings is 1. The summed E-state index contributed by atoms with van der Waals surface area (Å²) in [5.74, 6) is -0.243. The summed E-state index contributed by atoms with van der Waals surface area (Å²) >= 11 is 1.27. The summed E-state index contributed by atoms with van der Waals surface area (Å²) in [6.07, 6.45) is 0. The molecule has 7 nitrogen and oxygen atoms in total. The smallest absolute Gasteiger partial charge is 0.387 e. The van der Waals surface area contributed by atoms with Crippen molar-refractivity contribution in [3.8, 4) is 28.3 Å². The maximum Gasteiger partial charge on any atom is 0.387 e. The fourth-order valence-electron chi connectivity index (χ4n) is 4.07. The van der Waals surface area contributed by atoms with E-state index in [1.807, 2.05) is 45.2 Å². The van der Waals surface area contributed by atoms with Crippen molar-refractivity contribution in [1.82, 2.24) is 19.7 Å². The van der Waals surface area contributed by atoms with Gasteiger partial charge in [0.05, 0.1) is 28.2 Å². The van der Waals surface area contributed by atoms with Crippen molar-refractivity contribution in [3.63, 3.8) is 0 Å². The molecule has 182 valence electrons. The number of nitrogens with zero attached hydrogens (tertiary/aromatic N) is 4.